The zero-order chi connectivity index (χ0) is 13.8. The van der Waals surface area contributed by atoms with Crippen molar-refractivity contribution in [2.45, 2.75) is 40.2 Å². The summed E-state index contributed by atoms with van der Waals surface area (Å²) in [7, 11) is 0. The summed E-state index contributed by atoms with van der Waals surface area (Å²) in [4.78, 5) is 10.2. The predicted octanol–water partition coefficient (Wildman–Crippen LogP) is 3.33. The monoisotopic (exact) mass is 247 g/mol. The molecule has 0 aliphatic carbocycles. The van der Waals surface area contributed by atoms with Crippen molar-refractivity contribution in [1.29, 1.82) is 0 Å². The Bertz CT molecular complexity index is 322. The van der Waals surface area contributed by atoms with Crippen molar-refractivity contribution in [3.63, 3.8) is 0 Å². The molecule has 0 saturated heterocycles. The first-order chi connectivity index (χ1) is 8.13. The van der Waals surface area contributed by atoms with E-state index in [2.05, 4.69) is 0 Å². The van der Waals surface area contributed by atoms with Gasteiger partial charge in [-0.3, -0.25) is 0 Å². The van der Waals surface area contributed by atoms with Gasteiger partial charge in [-0.15, -0.1) is 0 Å². The van der Waals surface area contributed by atoms with E-state index in [1.165, 1.54) is 6.07 Å². The van der Waals surface area contributed by atoms with Crippen molar-refractivity contribution in [3.8, 4) is 0 Å². The van der Waals surface area contributed by atoms with Crippen molar-refractivity contribution in [2.75, 3.05) is 0 Å². The van der Waals surface area contributed by atoms with E-state index < -0.39 is 17.7 Å². The quantitative estimate of drug-likeness (QED) is 0.832. The molecule has 4 heteroatoms. The second-order valence-corrected chi connectivity index (χ2v) is 2.75. The molecule has 0 aromatic heterocycles. The van der Waals surface area contributed by atoms with Crippen LogP contribution in [0.5, 0.6) is 0 Å². The molecule has 0 fully saturated rings. The number of hydrogen-bond donors (Lipinski definition) is 1. The van der Waals surface area contributed by atoms with E-state index in [-0.39, 0.29) is 7.85 Å². The number of rotatable bonds is 3. The second kappa shape index (κ2) is 11.2. The van der Waals surface area contributed by atoms with Gasteiger partial charge >= 0.3 is 0 Å². The van der Waals surface area contributed by atoms with Crippen LogP contribution in [-0.2, 0) is 11.2 Å². The number of halogens is 2. The fourth-order valence-electron chi connectivity index (χ4n) is 0.987. The molecule has 0 radical (unpaired) electrons. The number of nitrogens with two attached hydrogens (primary N) is 1. The van der Waals surface area contributed by atoms with E-state index >= 15 is 0 Å². The minimum Gasteiger partial charge on any atom is -0.321 e. The highest BCUT2D eigenvalue weighted by Gasteiger charge is 2.05. The molecule has 0 saturated carbocycles. The van der Waals surface area contributed by atoms with Gasteiger partial charge in [0.15, 0.2) is 11.6 Å². The van der Waals surface area contributed by atoms with E-state index in [9.17, 15) is 13.6 Å². The summed E-state index contributed by atoms with van der Waals surface area (Å²) in [6, 6.07) is 2.80. The smallest absolute Gasteiger partial charge is 0.159 e. The molecular weight excluding hydrogens is 224 g/mol. The summed E-state index contributed by atoms with van der Waals surface area (Å²) < 4.78 is 25.1. The lowest BCUT2D eigenvalue weighted by Crippen LogP contribution is -2.24. The Balaban J connectivity index is -0.000000409. The lowest BCUT2D eigenvalue weighted by Gasteiger charge is -2.03. The number of benzene rings is 1. The number of hydrogen-bond acceptors (Lipinski definition) is 2. The Hall–Kier alpha value is -1.29. The third kappa shape index (κ3) is 7.58. The average molecular weight is 247 g/mol. The molecule has 1 rings (SSSR count). The number of aldehydes is 1. The molecule has 1 aromatic carbocycles. The number of carbonyl (C=O) groups excluding carboxylic acids is 1. The maximum atomic E-state index is 12.6. The molecule has 0 aliphatic heterocycles. The third-order valence-electron chi connectivity index (χ3n) is 1.63. The molecule has 2 N–H and O–H groups in total. The molecule has 1 atom stereocenters. The average Bonchev–Trinajstić information content (AvgIpc) is 2.38. The zero-order valence-corrected chi connectivity index (χ0v) is 10.8. The summed E-state index contributed by atoms with van der Waals surface area (Å²) >= 11 is 0. The second-order valence-electron chi connectivity index (χ2n) is 2.75. The minimum absolute atomic E-state index is 0. The molecule has 2 nitrogen and oxygen atoms in total. The predicted molar refractivity (Wildman–Crippen MR) is 68.9 cm³/mol. The maximum absolute atomic E-state index is 12.6. The van der Waals surface area contributed by atoms with Crippen LogP contribution in [0.3, 0.4) is 0 Å². The Morgan fingerprint density at radius 2 is 1.76 bits per heavy atom. The first kappa shape index (κ1) is 18.1. The van der Waals surface area contributed by atoms with Gasteiger partial charge in [0.2, 0.25) is 0 Å². The van der Waals surface area contributed by atoms with E-state index in [0.717, 1.165) is 12.1 Å². The van der Waals surface area contributed by atoms with Crippen LogP contribution in [0.1, 0.15) is 34.7 Å². The highest BCUT2D eigenvalue weighted by Crippen LogP contribution is 2.09. The van der Waals surface area contributed by atoms with Gasteiger partial charge in [-0.2, -0.15) is 0 Å². The van der Waals surface area contributed by atoms with Crippen LogP contribution in [0, 0.1) is 11.6 Å². The fourth-order valence-corrected chi connectivity index (χ4v) is 0.987. The zero-order valence-electron chi connectivity index (χ0n) is 10.8. The fraction of sp³-hybridized carbons (Fsp3) is 0.462. The van der Waals surface area contributed by atoms with Crippen LogP contribution in [0.25, 0.3) is 0 Å². The van der Waals surface area contributed by atoms with Gasteiger partial charge in [0.25, 0.3) is 0 Å². The first-order valence-electron chi connectivity index (χ1n) is 5.78. The molecular formula is C13H23F2NO. The molecule has 0 amide bonds. The molecule has 0 aliphatic rings. The summed E-state index contributed by atoms with van der Waals surface area (Å²) in [5.74, 6) is -1.82. The van der Waals surface area contributed by atoms with Gasteiger partial charge in [-0.25, -0.2) is 8.78 Å². The van der Waals surface area contributed by atoms with Crippen molar-refractivity contribution in [2.24, 2.45) is 5.73 Å². The number of carbonyl (C=O) groups is 1. The lowest BCUT2D eigenvalue weighted by atomic mass is 10.1. The summed E-state index contributed by atoms with van der Waals surface area (Å²) in [5.41, 5.74) is 5.82. The van der Waals surface area contributed by atoms with Gasteiger partial charge in [0.1, 0.15) is 6.29 Å². The Kier molecular flexibility index (Phi) is 11.9. The first-order valence-corrected chi connectivity index (χ1v) is 5.78. The van der Waals surface area contributed by atoms with Crippen molar-refractivity contribution < 1.29 is 15.0 Å². The van der Waals surface area contributed by atoms with Gasteiger partial charge < -0.3 is 10.5 Å². The van der Waals surface area contributed by atoms with Gasteiger partial charge in [-0.05, 0) is 24.1 Å². The van der Waals surface area contributed by atoms with Crippen LogP contribution in [-0.4, -0.2) is 12.3 Å². The van der Waals surface area contributed by atoms with Gasteiger partial charge in [-0.1, -0.05) is 33.8 Å². The highest BCUT2D eigenvalue weighted by molar-refractivity contribution is 5.57. The van der Waals surface area contributed by atoms with Crippen LogP contribution in [0.4, 0.5) is 8.78 Å². The van der Waals surface area contributed by atoms with Crippen molar-refractivity contribution in [3.05, 3.63) is 35.4 Å². The molecule has 100 valence electrons. The highest BCUT2D eigenvalue weighted by atomic mass is 19.2. The van der Waals surface area contributed by atoms with E-state index in [1.54, 1.807) is 0 Å². The summed E-state index contributed by atoms with van der Waals surface area (Å²) in [5, 5.41) is 0. The molecule has 0 bridgehead atoms. The largest absolute Gasteiger partial charge is 0.321 e. The van der Waals surface area contributed by atoms with Crippen LogP contribution in [0.15, 0.2) is 18.2 Å². The summed E-state index contributed by atoms with van der Waals surface area (Å²) in [6.45, 7) is 8.00. The van der Waals surface area contributed by atoms with Crippen LogP contribution < -0.4 is 5.73 Å². The normalized spacial score (nSPS) is 10.3. The molecule has 1 aromatic rings. The molecule has 0 spiro atoms. The maximum Gasteiger partial charge on any atom is 0.159 e. The third-order valence-corrected chi connectivity index (χ3v) is 1.63. The Labute approximate surface area is 103 Å². The van der Waals surface area contributed by atoms with Gasteiger partial charge in [0, 0.05) is 1.43 Å². The molecule has 0 heterocycles. The van der Waals surface area contributed by atoms with Crippen LogP contribution in [0.2, 0.25) is 0 Å². The topological polar surface area (TPSA) is 43.1 Å². The Morgan fingerprint density at radius 1 is 1.24 bits per heavy atom. The standard InChI is InChI=1S/C9H9F2NO.2C2H6.H2/c10-8-2-1-6(4-9(8)11)3-7(12)5-13;2*1-2;/h1-2,4-5,7H,3,12H2;2*1-2H3;1H/t7-;;;/m0.../s1. The van der Waals surface area contributed by atoms with E-state index in [1.807, 2.05) is 27.7 Å². The molecule has 17 heavy (non-hydrogen) atoms. The van der Waals surface area contributed by atoms with Crippen LogP contribution >= 0.6 is 0 Å². The van der Waals surface area contributed by atoms with E-state index in [0.29, 0.717) is 11.8 Å². The lowest BCUT2D eigenvalue weighted by molar-refractivity contribution is -0.108. The molecule has 0 unspecified atom stereocenters. The summed E-state index contributed by atoms with van der Waals surface area (Å²) in [6.07, 6.45) is 0.794. The van der Waals surface area contributed by atoms with Crippen molar-refractivity contribution >= 4 is 6.29 Å². The van der Waals surface area contributed by atoms with E-state index in [4.69, 9.17) is 5.73 Å². The Morgan fingerprint density at radius 3 is 2.18 bits per heavy atom. The minimum atomic E-state index is -0.921. The van der Waals surface area contributed by atoms with Crippen molar-refractivity contribution in [1.82, 2.24) is 0 Å². The SMILES string of the molecule is CC.CC.N[C@H](C=O)Cc1ccc(F)c(F)c1.[HH]. The van der Waals surface area contributed by atoms with Gasteiger partial charge in [0.05, 0.1) is 6.04 Å².